The molecule has 0 spiro atoms. The highest BCUT2D eigenvalue weighted by molar-refractivity contribution is 6.02. The molecule has 0 aromatic heterocycles. The normalized spacial score (nSPS) is 14.6. The second-order valence-corrected chi connectivity index (χ2v) is 8.11. The van der Waals surface area contributed by atoms with Crippen molar-refractivity contribution in [3.8, 4) is 0 Å². The highest BCUT2D eigenvalue weighted by Gasteiger charge is 2.20. The third-order valence-corrected chi connectivity index (χ3v) is 5.69. The van der Waals surface area contributed by atoms with E-state index in [-0.39, 0.29) is 18.4 Å². The molecular formula is C24H31N3O2. The maximum atomic E-state index is 12.6. The topological polar surface area (TPSA) is 52.7 Å². The van der Waals surface area contributed by atoms with E-state index >= 15 is 0 Å². The fraction of sp³-hybridized carbons (Fsp3) is 0.417. The molecule has 5 nitrogen and oxygen atoms in total. The van der Waals surface area contributed by atoms with Crippen LogP contribution in [-0.4, -0.2) is 31.4 Å². The van der Waals surface area contributed by atoms with Crippen LogP contribution in [0.4, 0.5) is 17.1 Å². The minimum absolute atomic E-state index is 0.00715. The first kappa shape index (κ1) is 20.9. The molecule has 0 bridgehead atoms. The number of piperidine rings is 1. The molecule has 1 saturated heterocycles. The van der Waals surface area contributed by atoms with E-state index in [2.05, 4.69) is 29.3 Å². The number of para-hydroxylation sites is 1. The molecule has 154 valence electrons. The molecule has 3 rings (SSSR count). The average Bonchev–Trinajstić information content (AvgIpc) is 2.68. The van der Waals surface area contributed by atoms with E-state index in [9.17, 15) is 9.59 Å². The Morgan fingerprint density at radius 2 is 1.62 bits per heavy atom. The first-order valence-corrected chi connectivity index (χ1v) is 10.3. The molecule has 0 radical (unpaired) electrons. The molecule has 1 aliphatic rings. The van der Waals surface area contributed by atoms with Crippen molar-refractivity contribution < 1.29 is 9.59 Å². The summed E-state index contributed by atoms with van der Waals surface area (Å²) in [5.41, 5.74) is 4.70. The highest BCUT2D eigenvalue weighted by Crippen LogP contribution is 2.26. The summed E-state index contributed by atoms with van der Waals surface area (Å²) >= 11 is 0. The maximum Gasteiger partial charge on any atom is 0.244 e. The number of nitrogens with zero attached hydrogens (tertiary/aromatic N) is 2. The van der Waals surface area contributed by atoms with Gasteiger partial charge in [-0.2, -0.15) is 0 Å². The maximum absolute atomic E-state index is 12.6. The number of carbonyl (C=O) groups excluding carboxylic acids is 2. The van der Waals surface area contributed by atoms with Crippen LogP contribution in [0.5, 0.6) is 0 Å². The summed E-state index contributed by atoms with van der Waals surface area (Å²) in [4.78, 5) is 28.8. The Morgan fingerprint density at radius 3 is 2.17 bits per heavy atom. The van der Waals surface area contributed by atoms with Gasteiger partial charge in [0.15, 0.2) is 0 Å². The van der Waals surface area contributed by atoms with Gasteiger partial charge in [-0.15, -0.1) is 0 Å². The van der Waals surface area contributed by atoms with E-state index in [0.717, 1.165) is 41.5 Å². The third-order valence-electron chi connectivity index (χ3n) is 5.69. The van der Waals surface area contributed by atoms with Crippen molar-refractivity contribution in [1.29, 1.82) is 0 Å². The lowest BCUT2D eigenvalue weighted by atomic mass is 9.99. The third kappa shape index (κ3) is 5.17. The summed E-state index contributed by atoms with van der Waals surface area (Å²) < 4.78 is 0. The number of amides is 2. The van der Waals surface area contributed by atoms with E-state index in [1.165, 1.54) is 25.5 Å². The minimum atomic E-state index is -0.206. The molecule has 1 aliphatic heterocycles. The number of hydrogen-bond acceptors (Lipinski definition) is 3. The van der Waals surface area contributed by atoms with Crippen LogP contribution in [0.3, 0.4) is 0 Å². The first-order valence-electron chi connectivity index (χ1n) is 10.3. The Hall–Kier alpha value is -2.82. The molecule has 0 atom stereocenters. The van der Waals surface area contributed by atoms with Gasteiger partial charge in [-0.1, -0.05) is 25.1 Å². The number of nitrogens with one attached hydrogen (secondary N) is 1. The summed E-state index contributed by atoms with van der Waals surface area (Å²) in [7, 11) is 0. The fourth-order valence-electron chi connectivity index (χ4n) is 3.95. The zero-order valence-corrected chi connectivity index (χ0v) is 17.9. The van der Waals surface area contributed by atoms with Crippen LogP contribution >= 0.6 is 0 Å². The summed E-state index contributed by atoms with van der Waals surface area (Å²) in [6.07, 6.45) is 2.44. The number of hydrogen-bond donors (Lipinski definition) is 1. The largest absolute Gasteiger partial charge is 0.372 e. The number of benzene rings is 2. The van der Waals surface area contributed by atoms with Crippen molar-refractivity contribution in [2.75, 3.05) is 34.8 Å². The lowest BCUT2D eigenvalue weighted by molar-refractivity contribution is -0.120. The van der Waals surface area contributed by atoms with E-state index in [1.54, 1.807) is 4.90 Å². The van der Waals surface area contributed by atoms with Crippen LogP contribution in [0, 0.1) is 19.8 Å². The lowest BCUT2D eigenvalue weighted by Crippen LogP contribution is -2.37. The SMILES string of the molecule is CC(=O)N(CC(=O)Nc1ccc(N2CCC(C)CC2)cc1)c1c(C)cccc1C. The smallest absolute Gasteiger partial charge is 0.244 e. The van der Waals surface area contributed by atoms with Crippen molar-refractivity contribution in [2.24, 2.45) is 5.92 Å². The summed E-state index contributed by atoms with van der Waals surface area (Å²) in [5, 5.41) is 2.92. The van der Waals surface area contributed by atoms with Gasteiger partial charge in [0.05, 0.1) is 5.69 Å². The van der Waals surface area contributed by atoms with Gasteiger partial charge < -0.3 is 15.1 Å². The molecule has 2 amide bonds. The molecular weight excluding hydrogens is 362 g/mol. The molecule has 2 aromatic rings. The fourth-order valence-corrected chi connectivity index (χ4v) is 3.95. The van der Waals surface area contributed by atoms with Crippen LogP contribution in [0.15, 0.2) is 42.5 Å². The van der Waals surface area contributed by atoms with Crippen LogP contribution in [0.25, 0.3) is 0 Å². The van der Waals surface area contributed by atoms with Gasteiger partial charge in [0.1, 0.15) is 6.54 Å². The van der Waals surface area contributed by atoms with E-state index < -0.39 is 0 Å². The second kappa shape index (κ2) is 9.12. The van der Waals surface area contributed by atoms with Crippen LogP contribution in [0.1, 0.15) is 37.8 Å². The van der Waals surface area contributed by atoms with E-state index in [0.29, 0.717) is 0 Å². The average molecular weight is 394 g/mol. The Morgan fingerprint density at radius 1 is 1.03 bits per heavy atom. The lowest BCUT2D eigenvalue weighted by Gasteiger charge is -2.32. The van der Waals surface area contributed by atoms with Crippen molar-refractivity contribution in [3.05, 3.63) is 53.6 Å². The van der Waals surface area contributed by atoms with E-state index in [1.807, 2.05) is 44.2 Å². The number of rotatable bonds is 5. The summed E-state index contributed by atoms with van der Waals surface area (Å²) in [5.74, 6) is 0.445. The standard InChI is InChI=1S/C24H31N3O2/c1-17-12-14-26(15-13-17)22-10-8-21(9-11-22)25-23(29)16-27(20(4)28)24-18(2)6-5-7-19(24)3/h5-11,17H,12-16H2,1-4H3,(H,25,29). The van der Waals surface area contributed by atoms with Crippen molar-refractivity contribution in [1.82, 2.24) is 0 Å². The predicted molar refractivity (Wildman–Crippen MR) is 120 cm³/mol. The Kier molecular flexibility index (Phi) is 6.57. The molecule has 1 fully saturated rings. The van der Waals surface area contributed by atoms with Crippen LogP contribution in [-0.2, 0) is 9.59 Å². The Balaban J connectivity index is 1.65. The quantitative estimate of drug-likeness (QED) is 0.812. The van der Waals surface area contributed by atoms with Crippen molar-refractivity contribution >= 4 is 28.9 Å². The van der Waals surface area contributed by atoms with E-state index in [4.69, 9.17) is 0 Å². The number of aryl methyl sites for hydroxylation is 2. The molecule has 2 aromatic carbocycles. The monoisotopic (exact) mass is 393 g/mol. The molecule has 1 heterocycles. The molecule has 1 N–H and O–H groups in total. The molecule has 5 heteroatoms. The number of anilines is 3. The van der Waals surface area contributed by atoms with Crippen LogP contribution in [0.2, 0.25) is 0 Å². The first-order chi connectivity index (χ1) is 13.8. The zero-order chi connectivity index (χ0) is 21.0. The second-order valence-electron chi connectivity index (χ2n) is 8.11. The highest BCUT2D eigenvalue weighted by atomic mass is 16.2. The number of carbonyl (C=O) groups is 2. The van der Waals surface area contributed by atoms with Gasteiger partial charge in [-0.3, -0.25) is 9.59 Å². The van der Waals surface area contributed by atoms with Gasteiger partial charge in [0.25, 0.3) is 0 Å². The molecule has 29 heavy (non-hydrogen) atoms. The van der Waals surface area contributed by atoms with Gasteiger partial charge in [0.2, 0.25) is 11.8 Å². The molecule has 0 unspecified atom stereocenters. The Bertz CT molecular complexity index is 848. The minimum Gasteiger partial charge on any atom is -0.372 e. The van der Waals surface area contributed by atoms with Crippen LogP contribution < -0.4 is 15.1 Å². The van der Waals surface area contributed by atoms with Gasteiger partial charge in [0, 0.05) is 31.4 Å². The van der Waals surface area contributed by atoms with Crippen molar-refractivity contribution in [3.63, 3.8) is 0 Å². The van der Waals surface area contributed by atoms with Crippen molar-refractivity contribution in [2.45, 2.75) is 40.5 Å². The van der Waals surface area contributed by atoms with Gasteiger partial charge in [-0.05, 0) is 68.0 Å². The Labute approximate surface area is 173 Å². The zero-order valence-electron chi connectivity index (χ0n) is 17.9. The summed E-state index contributed by atoms with van der Waals surface area (Å²) in [6.45, 7) is 9.86. The molecule has 0 saturated carbocycles. The van der Waals surface area contributed by atoms with Gasteiger partial charge in [-0.25, -0.2) is 0 Å². The summed E-state index contributed by atoms with van der Waals surface area (Å²) in [6, 6.07) is 13.8. The molecule has 0 aliphatic carbocycles. The van der Waals surface area contributed by atoms with Gasteiger partial charge >= 0.3 is 0 Å². The predicted octanol–water partition coefficient (Wildman–Crippen LogP) is 4.53.